The van der Waals surface area contributed by atoms with Gasteiger partial charge in [-0.15, -0.1) is 0 Å². The van der Waals surface area contributed by atoms with Gasteiger partial charge in [-0.25, -0.2) is 4.39 Å². The Kier molecular flexibility index (Phi) is 3.77. The third kappa shape index (κ3) is 2.94. The van der Waals surface area contributed by atoms with Crippen molar-refractivity contribution >= 4 is 0 Å². The van der Waals surface area contributed by atoms with E-state index in [2.05, 4.69) is 4.74 Å². The summed E-state index contributed by atoms with van der Waals surface area (Å²) in [6, 6.07) is 2.44. The molecule has 4 heteroatoms. The van der Waals surface area contributed by atoms with Crippen molar-refractivity contribution in [3.63, 3.8) is 0 Å². The topological polar surface area (TPSA) is 18.5 Å². The second-order valence-electron chi connectivity index (χ2n) is 3.96. The van der Waals surface area contributed by atoms with E-state index in [1.165, 1.54) is 6.92 Å². The molecule has 0 amide bonds. The van der Waals surface area contributed by atoms with Crippen molar-refractivity contribution < 1.29 is 18.3 Å². The number of fused-ring (bicyclic) bond motifs is 1. The number of ether oxygens (including phenoxy) is 2. The van der Waals surface area contributed by atoms with Gasteiger partial charge in [-0.3, -0.25) is 4.74 Å². The van der Waals surface area contributed by atoms with Crippen molar-refractivity contribution in [2.24, 2.45) is 0 Å². The van der Waals surface area contributed by atoms with Gasteiger partial charge in [-0.2, -0.15) is 4.39 Å². The summed E-state index contributed by atoms with van der Waals surface area (Å²) < 4.78 is 36.9. The highest BCUT2D eigenvalue weighted by molar-refractivity contribution is 5.40. The maximum atomic E-state index is 14.0. The zero-order valence-electron chi connectivity index (χ0n) is 10.8. The summed E-state index contributed by atoms with van der Waals surface area (Å²) >= 11 is 0. The van der Waals surface area contributed by atoms with Crippen LogP contribution in [-0.4, -0.2) is 6.04 Å². The molecular formula is C13H18F2O2. The zero-order chi connectivity index (χ0) is 13.3. The van der Waals surface area contributed by atoms with Gasteiger partial charge in [0.15, 0.2) is 0 Å². The molecule has 1 heterocycles. The Morgan fingerprint density at radius 1 is 1.12 bits per heavy atom. The number of rotatable bonds is 0. The van der Waals surface area contributed by atoms with Crippen molar-refractivity contribution in [2.75, 3.05) is 0 Å². The fourth-order valence-corrected chi connectivity index (χ4v) is 1.70. The predicted octanol–water partition coefficient (Wildman–Crippen LogP) is 4.22. The molecule has 2 nitrogen and oxygen atoms in total. The predicted molar refractivity (Wildman–Crippen MR) is 62.2 cm³/mol. The SMILES string of the molecule is CC.Cc1ccc2c(c1)C(C)(F)OC(C)(F)O2. The van der Waals surface area contributed by atoms with Crippen LogP contribution in [0.4, 0.5) is 8.78 Å². The minimum Gasteiger partial charge on any atom is -0.435 e. The molecule has 0 radical (unpaired) electrons. The maximum Gasteiger partial charge on any atom is 0.363 e. The summed E-state index contributed by atoms with van der Waals surface area (Å²) in [6.07, 6.45) is 0. The number of aryl methyl sites for hydroxylation is 1. The van der Waals surface area contributed by atoms with Crippen molar-refractivity contribution in [1.29, 1.82) is 0 Å². The molecule has 1 aliphatic heterocycles. The van der Waals surface area contributed by atoms with E-state index in [-0.39, 0.29) is 11.3 Å². The van der Waals surface area contributed by atoms with Crippen molar-refractivity contribution in [3.05, 3.63) is 29.3 Å². The Morgan fingerprint density at radius 2 is 1.71 bits per heavy atom. The summed E-state index contributed by atoms with van der Waals surface area (Å²) in [5, 5.41) is 0. The molecule has 1 aliphatic rings. The number of alkyl halides is 2. The van der Waals surface area contributed by atoms with Gasteiger partial charge in [0, 0.05) is 6.92 Å². The average molecular weight is 244 g/mol. The normalized spacial score (nSPS) is 30.8. The van der Waals surface area contributed by atoms with Crippen LogP contribution in [0, 0.1) is 6.92 Å². The molecule has 1 aromatic rings. The van der Waals surface area contributed by atoms with Crippen LogP contribution in [0.15, 0.2) is 18.2 Å². The van der Waals surface area contributed by atoms with E-state index < -0.39 is 11.9 Å². The number of hydrogen-bond donors (Lipinski definition) is 0. The molecule has 0 aromatic heterocycles. The van der Waals surface area contributed by atoms with Crippen LogP contribution in [0.25, 0.3) is 0 Å². The van der Waals surface area contributed by atoms with Crippen LogP contribution >= 0.6 is 0 Å². The van der Waals surface area contributed by atoms with E-state index >= 15 is 0 Å². The quantitative estimate of drug-likeness (QED) is 0.680. The molecule has 0 aliphatic carbocycles. The minimum atomic E-state index is -2.42. The van der Waals surface area contributed by atoms with Crippen LogP contribution in [0.1, 0.15) is 38.8 Å². The van der Waals surface area contributed by atoms with Crippen LogP contribution in [0.2, 0.25) is 0 Å². The molecule has 17 heavy (non-hydrogen) atoms. The molecule has 0 spiro atoms. The summed E-state index contributed by atoms with van der Waals surface area (Å²) in [6.45, 7) is 8.03. The monoisotopic (exact) mass is 244 g/mol. The molecule has 0 bridgehead atoms. The Balaban J connectivity index is 0.000000686. The lowest BCUT2D eigenvalue weighted by Gasteiger charge is -2.36. The first-order valence-electron chi connectivity index (χ1n) is 5.68. The Hall–Kier alpha value is -1.16. The highest BCUT2D eigenvalue weighted by Crippen LogP contribution is 2.44. The van der Waals surface area contributed by atoms with Gasteiger partial charge in [-0.1, -0.05) is 25.5 Å². The second-order valence-corrected chi connectivity index (χ2v) is 3.96. The second kappa shape index (κ2) is 4.61. The summed E-state index contributed by atoms with van der Waals surface area (Å²) in [5.41, 5.74) is 1.09. The molecule has 2 atom stereocenters. The van der Waals surface area contributed by atoms with Crippen molar-refractivity contribution in [3.8, 4) is 5.75 Å². The van der Waals surface area contributed by atoms with Gasteiger partial charge in [0.05, 0.1) is 5.56 Å². The number of benzene rings is 1. The van der Waals surface area contributed by atoms with Gasteiger partial charge < -0.3 is 4.74 Å². The van der Waals surface area contributed by atoms with E-state index in [1.54, 1.807) is 18.2 Å². The van der Waals surface area contributed by atoms with E-state index in [4.69, 9.17) is 4.74 Å². The molecule has 96 valence electrons. The van der Waals surface area contributed by atoms with E-state index in [1.807, 2.05) is 20.8 Å². The number of hydrogen-bond acceptors (Lipinski definition) is 2. The smallest absolute Gasteiger partial charge is 0.363 e. The van der Waals surface area contributed by atoms with E-state index in [0.29, 0.717) is 0 Å². The fraction of sp³-hybridized carbons (Fsp3) is 0.538. The first-order valence-corrected chi connectivity index (χ1v) is 5.68. The van der Waals surface area contributed by atoms with Gasteiger partial charge >= 0.3 is 6.04 Å². The minimum absolute atomic E-state index is 0.182. The molecule has 1 aromatic carbocycles. The highest BCUT2D eigenvalue weighted by Gasteiger charge is 2.46. The third-order valence-electron chi connectivity index (χ3n) is 2.28. The summed E-state index contributed by atoms with van der Waals surface area (Å²) in [4.78, 5) is 0. The van der Waals surface area contributed by atoms with Gasteiger partial charge in [0.1, 0.15) is 5.75 Å². The van der Waals surface area contributed by atoms with Gasteiger partial charge in [-0.05, 0) is 26.0 Å². The van der Waals surface area contributed by atoms with Crippen LogP contribution in [0.3, 0.4) is 0 Å². The lowest BCUT2D eigenvalue weighted by molar-refractivity contribution is -0.358. The average Bonchev–Trinajstić information content (AvgIpc) is 2.20. The van der Waals surface area contributed by atoms with Gasteiger partial charge in [0.25, 0.3) is 0 Å². The lowest BCUT2D eigenvalue weighted by atomic mass is 10.0. The molecular weight excluding hydrogens is 226 g/mol. The lowest BCUT2D eigenvalue weighted by Crippen LogP contribution is -2.42. The van der Waals surface area contributed by atoms with E-state index in [9.17, 15) is 8.78 Å². The third-order valence-corrected chi connectivity index (χ3v) is 2.28. The summed E-state index contributed by atoms with van der Waals surface area (Å²) in [5.74, 6) is -1.98. The molecule has 0 saturated heterocycles. The molecule has 2 unspecified atom stereocenters. The van der Waals surface area contributed by atoms with Crippen molar-refractivity contribution in [2.45, 2.75) is 46.5 Å². The van der Waals surface area contributed by atoms with Gasteiger partial charge in [0.2, 0.25) is 5.85 Å². The molecule has 0 saturated carbocycles. The van der Waals surface area contributed by atoms with E-state index in [0.717, 1.165) is 12.5 Å². The largest absolute Gasteiger partial charge is 0.435 e. The Labute approximate surface area is 101 Å². The maximum absolute atomic E-state index is 14.0. The zero-order valence-corrected chi connectivity index (χ0v) is 10.8. The summed E-state index contributed by atoms with van der Waals surface area (Å²) in [7, 11) is 0. The Morgan fingerprint density at radius 3 is 2.29 bits per heavy atom. The first-order chi connectivity index (χ1) is 7.80. The Bertz CT molecular complexity index is 400. The number of halogens is 2. The van der Waals surface area contributed by atoms with Crippen LogP contribution < -0.4 is 4.74 Å². The molecule has 0 fully saturated rings. The highest BCUT2D eigenvalue weighted by atomic mass is 19.2. The standard InChI is InChI=1S/C11H12F2O2.C2H6/c1-7-4-5-9-8(6-7)10(2,12)15-11(3,13)14-9;1-2/h4-6H,1-3H3;1-2H3. The fourth-order valence-electron chi connectivity index (χ4n) is 1.70. The molecule has 0 N–H and O–H groups in total. The van der Waals surface area contributed by atoms with Crippen LogP contribution in [-0.2, 0) is 10.6 Å². The van der Waals surface area contributed by atoms with Crippen molar-refractivity contribution in [1.82, 2.24) is 0 Å². The first kappa shape index (κ1) is 13.9. The molecule has 2 rings (SSSR count). The van der Waals surface area contributed by atoms with Crippen LogP contribution in [0.5, 0.6) is 5.75 Å².